The lowest BCUT2D eigenvalue weighted by Crippen LogP contribution is -2.49. The summed E-state index contributed by atoms with van der Waals surface area (Å²) in [4.78, 5) is 17.3. The third kappa shape index (κ3) is 5.45. The summed E-state index contributed by atoms with van der Waals surface area (Å²) < 4.78 is 0. The summed E-state index contributed by atoms with van der Waals surface area (Å²) in [7, 11) is 0. The van der Waals surface area contributed by atoms with E-state index in [4.69, 9.17) is 0 Å². The number of thiophene rings is 1. The number of amidine groups is 1. The number of rotatable bonds is 6. The van der Waals surface area contributed by atoms with E-state index in [1.165, 1.54) is 0 Å². The highest BCUT2D eigenvalue weighted by molar-refractivity contribution is 7.09. The van der Waals surface area contributed by atoms with Crippen LogP contribution in [0.25, 0.3) is 0 Å². The first-order valence-corrected chi connectivity index (χ1v) is 8.45. The van der Waals surface area contributed by atoms with Crippen LogP contribution in [0.4, 0.5) is 0 Å². The van der Waals surface area contributed by atoms with Crippen molar-refractivity contribution in [2.45, 2.75) is 18.6 Å². The third-order valence-electron chi connectivity index (χ3n) is 3.30. The van der Waals surface area contributed by atoms with Gasteiger partial charge in [0.05, 0.1) is 6.54 Å². The molecule has 1 aliphatic heterocycles. The fraction of sp³-hybridized carbons (Fsp3) is 0.294. The molecular formula is C17H21N3O3S. The number of carbonyl (C=O) groups is 1. The maximum atomic E-state index is 12.0. The van der Waals surface area contributed by atoms with E-state index >= 15 is 0 Å². The number of nitrogens with zero attached hydrogens (tertiary/aromatic N) is 1. The Balaban J connectivity index is 1.90. The van der Waals surface area contributed by atoms with Crippen molar-refractivity contribution >= 4 is 23.1 Å². The molecule has 2 heterocycles. The molecule has 0 radical (unpaired) electrons. The normalized spacial score (nSPS) is 19.8. The van der Waals surface area contributed by atoms with Crippen molar-refractivity contribution in [3.63, 3.8) is 0 Å². The predicted molar refractivity (Wildman–Crippen MR) is 95.9 cm³/mol. The van der Waals surface area contributed by atoms with Gasteiger partial charge >= 0.3 is 0 Å². The number of aliphatic hydroxyl groups is 2. The molecule has 4 N–H and O–H groups in total. The minimum atomic E-state index is -1.61. The molecule has 0 saturated carbocycles. The van der Waals surface area contributed by atoms with E-state index in [0.717, 1.165) is 4.88 Å². The van der Waals surface area contributed by atoms with Crippen LogP contribution in [-0.2, 0) is 11.2 Å². The van der Waals surface area contributed by atoms with E-state index in [1.807, 2.05) is 17.5 Å². The first kappa shape index (κ1) is 18.1. The van der Waals surface area contributed by atoms with Crippen molar-refractivity contribution in [1.82, 2.24) is 10.6 Å². The van der Waals surface area contributed by atoms with Crippen molar-refractivity contribution in [3.05, 3.63) is 59.0 Å². The Morgan fingerprint density at radius 3 is 3.04 bits per heavy atom. The number of amides is 1. The second kappa shape index (κ2) is 9.17. The van der Waals surface area contributed by atoms with E-state index in [2.05, 4.69) is 22.2 Å². The number of hydrogen-bond acceptors (Lipinski definition) is 6. The highest BCUT2D eigenvalue weighted by atomic mass is 32.1. The average Bonchev–Trinajstić information content (AvgIpc) is 3.10. The van der Waals surface area contributed by atoms with Gasteiger partial charge in [-0.2, -0.15) is 0 Å². The summed E-state index contributed by atoms with van der Waals surface area (Å²) in [5.41, 5.74) is 0.504. The molecule has 1 aromatic heterocycles. The fourth-order valence-corrected chi connectivity index (χ4v) is 2.75. The van der Waals surface area contributed by atoms with Crippen LogP contribution in [0.1, 0.15) is 4.88 Å². The first-order valence-electron chi connectivity index (χ1n) is 7.57. The second-order valence-electron chi connectivity index (χ2n) is 5.17. The Hall–Kier alpha value is -2.22. The van der Waals surface area contributed by atoms with Gasteiger partial charge in [-0.15, -0.1) is 11.3 Å². The highest BCUT2D eigenvalue weighted by Gasteiger charge is 2.28. The predicted octanol–water partition coefficient (Wildman–Crippen LogP) is 0.756. The lowest BCUT2D eigenvalue weighted by molar-refractivity contribution is -0.132. The topological polar surface area (TPSA) is 94.0 Å². The van der Waals surface area contributed by atoms with Crippen LogP contribution in [0.15, 0.2) is 59.1 Å². The molecule has 0 aliphatic carbocycles. The Labute approximate surface area is 144 Å². The molecule has 1 aromatic rings. The number of aliphatic hydroxyl groups excluding tert-OH is 2. The van der Waals surface area contributed by atoms with Crippen molar-refractivity contribution in [3.8, 4) is 0 Å². The smallest absolute Gasteiger partial charge is 0.252 e. The third-order valence-corrected chi connectivity index (χ3v) is 4.24. The van der Waals surface area contributed by atoms with Crippen LogP contribution in [0.3, 0.4) is 0 Å². The molecule has 1 amide bonds. The molecule has 0 saturated heterocycles. The van der Waals surface area contributed by atoms with E-state index < -0.39 is 18.1 Å². The van der Waals surface area contributed by atoms with Crippen LogP contribution < -0.4 is 10.6 Å². The van der Waals surface area contributed by atoms with Gasteiger partial charge in [-0.1, -0.05) is 30.9 Å². The molecule has 24 heavy (non-hydrogen) atoms. The largest absolute Gasteiger partial charge is 0.382 e. The molecule has 0 spiro atoms. The van der Waals surface area contributed by atoms with Gasteiger partial charge in [-0.3, -0.25) is 9.79 Å². The molecule has 0 aromatic carbocycles. The zero-order valence-electron chi connectivity index (χ0n) is 13.2. The fourth-order valence-electron chi connectivity index (χ4n) is 2.04. The molecule has 128 valence electrons. The van der Waals surface area contributed by atoms with Crippen LogP contribution >= 0.6 is 11.3 Å². The van der Waals surface area contributed by atoms with Gasteiger partial charge in [-0.25, -0.2) is 0 Å². The SMILES string of the molecule is C=C1/C=C\C=C/CN=C([C@H](O)[C@@H](O)C(=O)NCCc2cccs2)N1. The summed E-state index contributed by atoms with van der Waals surface area (Å²) in [6.07, 6.45) is 4.70. The molecule has 6 nitrogen and oxygen atoms in total. The molecule has 0 bridgehead atoms. The maximum Gasteiger partial charge on any atom is 0.252 e. The van der Waals surface area contributed by atoms with E-state index in [0.29, 0.717) is 25.2 Å². The molecule has 2 atom stereocenters. The molecule has 0 unspecified atom stereocenters. The minimum Gasteiger partial charge on any atom is -0.382 e. The first-order chi connectivity index (χ1) is 11.6. The Bertz CT molecular complexity index is 650. The summed E-state index contributed by atoms with van der Waals surface area (Å²) in [6.45, 7) is 4.48. The van der Waals surface area contributed by atoms with Gasteiger partial charge in [-0.05, 0) is 23.9 Å². The van der Waals surface area contributed by atoms with E-state index in [1.54, 1.807) is 35.6 Å². The van der Waals surface area contributed by atoms with E-state index in [-0.39, 0.29) is 5.84 Å². The van der Waals surface area contributed by atoms with Crippen molar-refractivity contribution in [2.24, 2.45) is 4.99 Å². The van der Waals surface area contributed by atoms with Crippen LogP contribution in [0.2, 0.25) is 0 Å². The van der Waals surface area contributed by atoms with Gasteiger partial charge in [0.25, 0.3) is 5.91 Å². The van der Waals surface area contributed by atoms with Crippen LogP contribution in [0.5, 0.6) is 0 Å². The molecule has 7 heteroatoms. The zero-order chi connectivity index (χ0) is 17.4. The van der Waals surface area contributed by atoms with Gasteiger partial charge in [0.2, 0.25) is 0 Å². The second-order valence-corrected chi connectivity index (χ2v) is 6.21. The van der Waals surface area contributed by atoms with Gasteiger partial charge in [0.15, 0.2) is 6.10 Å². The molecule has 0 fully saturated rings. The van der Waals surface area contributed by atoms with Crippen molar-refractivity contribution < 1.29 is 15.0 Å². The monoisotopic (exact) mass is 347 g/mol. The molecule has 1 aliphatic rings. The average molecular weight is 347 g/mol. The quantitative estimate of drug-likeness (QED) is 0.611. The molecular weight excluding hydrogens is 326 g/mol. The lowest BCUT2D eigenvalue weighted by atomic mass is 10.1. The zero-order valence-corrected chi connectivity index (χ0v) is 14.0. The van der Waals surface area contributed by atoms with Crippen LogP contribution in [-0.4, -0.2) is 47.3 Å². The van der Waals surface area contributed by atoms with E-state index in [9.17, 15) is 15.0 Å². The number of aliphatic imine (C=N–C) groups is 1. The maximum absolute atomic E-state index is 12.0. The van der Waals surface area contributed by atoms with Gasteiger partial charge in [0.1, 0.15) is 11.9 Å². The number of carbonyl (C=O) groups excluding carboxylic acids is 1. The summed E-state index contributed by atoms with van der Waals surface area (Å²) in [6, 6.07) is 3.92. The summed E-state index contributed by atoms with van der Waals surface area (Å²) in [5.74, 6) is -0.530. The Morgan fingerprint density at radius 2 is 2.29 bits per heavy atom. The van der Waals surface area contributed by atoms with Crippen LogP contribution in [0, 0.1) is 0 Å². The van der Waals surface area contributed by atoms with Gasteiger partial charge < -0.3 is 20.8 Å². The number of hydrogen-bond donors (Lipinski definition) is 4. The minimum absolute atomic E-state index is 0.108. The standard InChI is InChI=1S/C17H21N3O3S/c1-12-6-3-2-4-9-18-16(20-12)14(21)15(22)17(23)19-10-8-13-7-5-11-24-13/h2-7,11,14-15,21-22H,1,8-10H2,(H,18,20)(H,19,23)/b4-2-,6-3-/t14-,15-/m1/s1. The molecule has 2 rings (SSSR count). The lowest BCUT2D eigenvalue weighted by Gasteiger charge is -2.20. The number of allylic oxidation sites excluding steroid dienone is 3. The number of nitrogens with one attached hydrogen (secondary N) is 2. The van der Waals surface area contributed by atoms with Gasteiger partial charge in [0, 0.05) is 17.1 Å². The van der Waals surface area contributed by atoms with Crippen molar-refractivity contribution in [2.75, 3.05) is 13.1 Å². The Morgan fingerprint density at radius 1 is 1.46 bits per heavy atom. The Kier molecular flexibility index (Phi) is 6.92. The highest BCUT2D eigenvalue weighted by Crippen LogP contribution is 2.08. The summed E-state index contributed by atoms with van der Waals surface area (Å²) >= 11 is 1.60. The summed E-state index contributed by atoms with van der Waals surface area (Å²) in [5, 5.41) is 27.7. The van der Waals surface area contributed by atoms with Crippen molar-refractivity contribution in [1.29, 1.82) is 0 Å².